The Labute approximate surface area is 145 Å². The normalized spacial score (nSPS) is 18.4. The first-order valence-corrected chi connectivity index (χ1v) is 8.20. The number of hydrogen-bond donors (Lipinski definition) is 0. The number of ether oxygens (including phenoxy) is 1. The summed E-state index contributed by atoms with van der Waals surface area (Å²) >= 11 is 0. The molecule has 0 unspecified atom stereocenters. The molecule has 0 radical (unpaired) electrons. The highest BCUT2D eigenvalue weighted by atomic mass is 16.5. The van der Waals surface area contributed by atoms with E-state index in [-0.39, 0.29) is 43.2 Å². The van der Waals surface area contributed by atoms with Crippen molar-refractivity contribution < 1.29 is 19.1 Å². The maximum absolute atomic E-state index is 12.3. The molecule has 0 aromatic carbocycles. The van der Waals surface area contributed by atoms with Crippen molar-refractivity contribution >= 4 is 17.7 Å². The van der Waals surface area contributed by atoms with E-state index in [9.17, 15) is 14.4 Å². The zero-order chi connectivity index (χ0) is 17.8. The SMILES string of the molecule is N#Cc1ccc(OC2CCN(C(=O)CN3C(=O)CCC3=O)CC2)nc1. The summed E-state index contributed by atoms with van der Waals surface area (Å²) in [6, 6.07) is 5.30. The minimum atomic E-state index is -0.275. The molecule has 8 nitrogen and oxygen atoms in total. The second-order valence-corrected chi connectivity index (χ2v) is 6.07. The van der Waals surface area contributed by atoms with Crippen molar-refractivity contribution in [1.29, 1.82) is 5.26 Å². The number of nitrogens with zero attached hydrogens (tertiary/aromatic N) is 4. The summed E-state index contributed by atoms with van der Waals surface area (Å²) in [6.07, 6.45) is 3.08. The van der Waals surface area contributed by atoms with E-state index in [4.69, 9.17) is 10.00 Å². The monoisotopic (exact) mass is 342 g/mol. The van der Waals surface area contributed by atoms with Crippen LogP contribution in [-0.2, 0) is 14.4 Å². The fourth-order valence-electron chi connectivity index (χ4n) is 2.94. The van der Waals surface area contributed by atoms with Crippen molar-refractivity contribution in [1.82, 2.24) is 14.8 Å². The van der Waals surface area contributed by atoms with Crippen molar-refractivity contribution in [3.8, 4) is 11.9 Å². The van der Waals surface area contributed by atoms with Crippen molar-refractivity contribution in [2.45, 2.75) is 31.8 Å². The molecule has 2 aliphatic heterocycles. The molecule has 0 bridgehead atoms. The number of hydrogen-bond acceptors (Lipinski definition) is 6. The summed E-state index contributed by atoms with van der Waals surface area (Å²) < 4.78 is 5.77. The predicted molar refractivity (Wildman–Crippen MR) is 85.1 cm³/mol. The van der Waals surface area contributed by atoms with Crippen LogP contribution in [0.4, 0.5) is 0 Å². The third-order valence-corrected chi connectivity index (χ3v) is 4.40. The Morgan fingerprint density at radius 2 is 1.92 bits per heavy atom. The molecule has 3 amide bonds. The molecule has 2 fully saturated rings. The van der Waals surface area contributed by atoms with Gasteiger partial charge in [-0.15, -0.1) is 0 Å². The van der Waals surface area contributed by atoms with E-state index in [2.05, 4.69) is 4.98 Å². The average molecular weight is 342 g/mol. The highest BCUT2D eigenvalue weighted by molar-refractivity contribution is 6.04. The zero-order valence-corrected chi connectivity index (χ0v) is 13.7. The van der Waals surface area contributed by atoms with Crippen molar-refractivity contribution in [2.75, 3.05) is 19.6 Å². The van der Waals surface area contributed by atoms with Crippen LogP contribution in [0.1, 0.15) is 31.2 Å². The second-order valence-electron chi connectivity index (χ2n) is 6.07. The van der Waals surface area contributed by atoms with E-state index in [1.807, 2.05) is 6.07 Å². The van der Waals surface area contributed by atoms with Crippen molar-refractivity contribution in [3.63, 3.8) is 0 Å². The lowest BCUT2D eigenvalue weighted by Gasteiger charge is -2.32. The number of imide groups is 1. The summed E-state index contributed by atoms with van der Waals surface area (Å²) in [7, 11) is 0. The van der Waals surface area contributed by atoms with Gasteiger partial charge in [0, 0.05) is 51.0 Å². The molecule has 0 atom stereocenters. The van der Waals surface area contributed by atoms with Gasteiger partial charge in [0.1, 0.15) is 18.7 Å². The maximum atomic E-state index is 12.3. The fraction of sp³-hybridized carbons (Fsp3) is 0.471. The molecule has 130 valence electrons. The van der Waals surface area contributed by atoms with Crippen molar-refractivity contribution in [3.05, 3.63) is 23.9 Å². The Morgan fingerprint density at radius 3 is 2.48 bits per heavy atom. The molecule has 0 aliphatic carbocycles. The minimum absolute atomic E-state index is 0.0560. The van der Waals surface area contributed by atoms with Gasteiger partial charge in [0.05, 0.1) is 5.56 Å². The number of piperidine rings is 1. The van der Waals surface area contributed by atoms with E-state index in [1.54, 1.807) is 17.0 Å². The molecule has 3 heterocycles. The molecule has 1 aromatic heterocycles. The molecule has 2 aliphatic rings. The first-order valence-electron chi connectivity index (χ1n) is 8.20. The maximum Gasteiger partial charge on any atom is 0.242 e. The van der Waals surface area contributed by atoms with Gasteiger partial charge in [-0.05, 0) is 6.07 Å². The summed E-state index contributed by atoms with van der Waals surface area (Å²) in [5.74, 6) is -0.303. The summed E-state index contributed by atoms with van der Waals surface area (Å²) in [5, 5.41) is 8.75. The number of nitriles is 1. The van der Waals surface area contributed by atoms with Crippen LogP contribution in [0.25, 0.3) is 0 Å². The van der Waals surface area contributed by atoms with Gasteiger partial charge in [-0.3, -0.25) is 19.3 Å². The van der Waals surface area contributed by atoms with E-state index in [0.717, 1.165) is 4.90 Å². The van der Waals surface area contributed by atoms with Crippen LogP contribution in [-0.4, -0.2) is 58.2 Å². The predicted octanol–water partition coefficient (Wildman–Crippen LogP) is 0.472. The number of carbonyl (C=O) groups is 3. The topological polar surface area (TPSA) is 104 Å². The third kappa shape index (κ3) is 3.94. The van der Waals surface area contributed by atoms with Crippen molar-refractivity contribution in [2.24, 2.45) is 0 Å². The van der Waals surface area contributed by atoms with Gasteiger partial charge < -0.3 is 9.64 Å². The van der Waals surface area contributed by atoms with Crippen LogP contribution in [0.15, 0.2) is 18.3 Å². The van der Waals surface area contributed by atoms with E-state index in [0.29, 0.717) is 37.4 Å². The number of aromatic nitrogens is 1. The Balaban J connectivity index is 1.48. The van der Waals surface area contributed by atoms with E-state index >= 15 is 0 Å². The molecule has 0 N–H and O–H groups in total. The first kappa shape index (κ1) is 16.9. The van der Waals surface area contributed by atoms with Crippen LogP contribution < -0.4 is 4.74 Å². The average Bonchev–Trinajstić information content (AvgIpc) is 2.95. The smallest absolute Gasteiger partial charge is 0.242 e. The number of carbonyl (C=O) groups excluding carboxylic acids is 3. The van der Waals surface area contributed by atoms with Gasteiger partial charge in [-0.2, -0.15) is 5.26 Å². The van der Waals surface area contributed by atoms with Crippen LogP contribution in [0.2, 0.25) is 0 Å². The van der Waals surface area contributed by atoms with Gasteiger partial charge in [0.2, 0.25) is 23.6 Å². The number of rotatable bonds is 4. The molecule has 0 spiro atoms. The standard InChI is InChI=1S/C17H18N4O4/c18-9-12-1-2-14(19-10-12)25-13-5-7-20(8-6-13)17(24)11-21-15(22)3-4-16(21)23/h1-2,10,13H,3-8,11H2. The van der Waals surface area contributed by atoms with Crippen LogP contribution >= 0.6 is 0 Å². The molecular formula is C17H18N4O4. The highest BCUT2D eigenvalue weighted by Gasteiger charge is 2.33. The third-order valence-electron chi connectivity index (χ3n) is 4.40. The summed E-state index contributed by atoms with van der Waals surface area (Å²) in [5.41, 5.74) is 0.471. The van der Waals surface area contributed by atoms with Crippen LogP contribution in [0.5, 0.6) is 5.88 Å². The Bertz CT molecular complexity index is 701. The van der Waals surface area contributed by atoms with Gasteiger partial charge in [-0.25, -0.2) is 4.98 Å². The van der Waals surface area contributed by atoms with Gasteiger partial charge in [-0.1, -0.05) is 0 Å². The van der Waals surface area contributed by atoms with Crippen LogP contribution in [0.3, 0.4) is 0 Å². The summed E-state index contributed by atoms with van der Waals surface area (Å²) in [4.78, 5) is 42.2. The zero-order valence-electron chi connectivity index (χ0n) is 13.7. The first-order chi connectivity index (χ1) is 12.1. The van der Waals surface area contributed by atoms with E-state index < -0.39 is 0 Å². The largest absolute Gasteiger partial charge is 0.474 e. The Hall–Kier alpha value is -2.95. The molecule has 3 rings (SSSR count). The van der Waals surface area contributed by atoms with E-state index in [1.165, 1.54) is 6.20 Å². The Kier molecular flexibility index (Phi) is 4.93. The second kappa shape index (κ2) is 7.30. The molecule has 2 saturated heterocycles. The molecule has 25 heavy (non-hydrogen) atoms. The van der Waals surface area contributed by atoms with Gasteiger partial charge in [0.15, 0.2) is 0 Å². The lowest BCUT2D eigenvalue weighted by molar-refractivity contribution is -0.146. The fourth-order valence-corrected chi connectivity index (χ4v) is 2.94. The molecular weight excluding hydrogens is 324 g/mol. The molecule has 0 saturated carbocycles. The van der Waals surface area contributed by atoms with Gasteiger partial charge >= 0.3 is 0 Å². The quantitative estimate of drug-likeness (QED) is 0.737. The number of pyridine rings is 1. The molecule has 8 heteroatoms. The Morgan fingerprint density at radius 1 is 1.24 bits per heavy atom. The lowest BCUT2D eigenvalue weighted by atomic mass is 10.1. The number of amides is 3. The van der Waals surface area contributed by atoms with Gasteiger partial charge in [0.25, 0.3) is 0 Å². The highest BCUT2D eigenvalue weighted by Crippen LogP contribution is 2.18. The number of likely N-dealkylation sites (tertiary alicyclic amines) is 2. The van der Waals surface area contributed by atoms with Crippen LogP contribution in [0, 0.1) is 11.3 Å². The summed E-state index contributed by atoms with van der Waals surface area (Å²) in [6.45, 7) is 0.854. The lowest BCUT2D eigenvalue weighted by Crippen LogP contribution is -2.47. The minimum Gasteiger partial charge on any atom is -0.474 e. The molecule has 1 aromatic rings.